The fourth-order valence-corrected chi connectivity index (χ4v) is 2.17. The SMILES string of the molecule is CCNc1cc(C(=O)NC2CCOC2)cc(C(C)C)n1. The summed E-state index contributed by atoms with van der Waals surface area (Å²) in [5.74, 6) is 0.991. The number of hydrogen-bond acceptors (Lipinski definition) is 4. The van der Waals surface area contributed by atoms with E-state index in [1.807, 2.05) is 13.0 Å². The summed E-state index contributed by atoms with van der Waals surface area (Å²) in [5.41, 5.74) is 1.59. The molecule has 1 aromatic heterocycles. The molecule has 0 saturated carbocycles. The second-order valence-electron chi connectivity index (χ2n) is 5.38. The van der Waals surface area contributed by atoms with E-state index >= 15 is 0 Å². The van der Waals surface area contributed by atoms with Gasteiger partial charge in [-0.3, -0.25) is 4.79 Å². The third-order valence-electron chi connectivity index (χ3n) is 3.32. The first-order chi connectivity index (χ1) is 9.60. The number of carbonyl (C=O) groups is 1. The van der Waals surface area contributed by atoms with Crippen LogP contribution in [0.1, 0.15) is 49.2 Å². The van der Waals surface area contributed by atoms with Gasteiger partial charge in [-0.25, -0.2) is 4.98 Å². The molecule has 1 saturated heterocycles. The van der Waals surface area contributed by atoms with E-state index in [1.54, 1.807) is 6.07 Å². The molecule has 1 fully saturated rings. The zero-order chi connectivity index (χ0) is 14.5. The van der Waals surface area contributed by atoms with E-state index in [0.717, 1.165) is 31.1 Å². The molecule has 0 aromatic carbocycles. The van der Waals surface area contributed by atoms with Crippen molar-refractivity contribution in [2.45, 2.75) is 39.2 Å². The van der Waals surface area contributed by atoms with Gasteiger partial charge in [0.1, 0.15) is 5.82 Å². The number of aromatic nitrogens is 1. The Labute approximate surface area is 120 Å². The molecule has 0 aliphatic carbocycles. The maximum atomic E-state index is 12.3. The fraction of sp³-hybridized carbons (Fsp3) is 0.600. The van der Waals surface area contributed by atoms with Crippen LogP contribution in [0.2, 0.25) is 0 Å². The van der Waals surface area contributed by atoms with E-state index < -0.39 is 0 Å². The minimum Gasteiger partial charge on any atom is -0.379 e. The van der Waals surface area contributed by atoms with E-state index in [2.05, 4.69) is 29.5 Å². The molecule has 0 bridgehead atoms. The Morgan fingerprint density at radius 2 is 2.30 bits per heavy atom. The Balaban J connectivity index is 2.17. The monoisotopic (exact) mass is 277 g/mol. The van der Waals surface area contributed by atoms with Crippen molar-refractivity contribution < 1.29 is 9.53 Å². The standard InChI is InChI=1S/C15H23N3O2/c1-4-16-14-8-11(7-13(18-14)10(2)3)15(19)17-12-5-6-20-9-12/h7-8,10,12H,4-6,9H2,1-3H3,(H,16,18)(H,17,19). The molecule has 1 aliphatic heterocycles. The molecule has 110 valence electrons. The number of carbonyl (C=O) groups excluding carboxylic acids is 1. The lowest BCUT2D eigenvalue weighted by Crippen LogP contribution is -2.35. The fourth-order valence-electron chi connectivity index (χ4n) is 2.17. The van der Waals surface area contributed by atoms with Crippen molar-refractivity contribution in [1.29, 1.82) is 0 Å². The van der Waals surface area contributed by atoms with Gasteiger partial charge >= 0.3 is 0 Å². The second kappa shape index (κ2) is 6.70. The predicted octanol–water partition coefficient (Wildman–Crippen LogP) is 2.16. The first-order valence-electron chi connectivity index (χ1n) is 7.24. The lowest BCUT2D eigenvalue weighted by atomic mass is 10.1. The van der Waals surface area contributed by atoms with E-state index in [-0.39, 0.29) is 17.9 Å². The summed E-state index contributed by atoms with van der Waals surface area (Å²) >= 11 is 0. The molecule has 1 amide bonds. The third-order valence-corrected chi connectivity index (χ3v) is 3.32. The molecule has 1 atom stereocenters. The first-order valence-corrected chi connectivity index (χ1v) is 7.24. The average Bonchev–Trinajstić information content (AvgIpc) is 2.91. The van der Waals surface area contributed by atoms with E-state index in [0.29, 0.717) is 12.2 Å². The minimum atomic E-state index is -0.0519. The van der Waals surface area contributed by atoms with Crippen LogP contribution in [0.4, 0.5) is 5.82 Å². The summed E-state index contributed by atoms with van der Waals surface area (Å²) in [7, 11) is 0. The van der Waals surface area contributed by atoms with Gasteiger partial charge in [0, 0.05) is 24.4 Å². The summed E-state index contributed by atoms with van der Waals surface area (Å²) < 4.78 is 5.28. The number of ether oxygens (including phenoxy) is 1. The van der Waals surface area contributed by atoms with Gasteiger partial charge in [-0.2, -0.15) is 0 Å². The number of rotatable bonds is 5. The highest BCUT2D eigenvalue weighted by Gasteiger charge is 2.19. The van der Waals surface area contributed by atoms with Crippen LogP contribution in [0.3, 0.4) is 0 Å². The molecule has 5 heteroatoms. The molecule has 1 aliphatic rings. The van der Waals surface area contributed by atoms with Crippen molar-refractivity contribution in [1.82, 2.24) is 10.3 Å². The Morgan fingerprint density at radius 3 is 2.90 bits per heavy atom. The van der Waals surface area contributed by atoms with Crippen LogP contribution in [0.15, 0.2) is 12.1 Å². The van der Waals surface area contributed by atoms with Gasteiger partial charge in [0.05, 0.1) is 12.6 Å². The molecule has 2 heterocycles. The third kappa shape index (κ3) is 3.70. The van der Waals surface area contributed by atoms with E-state index in [1.165, 1.54) is 0 Å². The zero-order valence-electron chi connectivity index (χ0n) is 12.4. The van der Waals surface area contributed by atoms with Crippen molar-refractivity contribution in [3.8, 4) is 0 Å². The Hall–Kier alpha value is -1.62. The Kier molecular flexibility index (Phi) is 4.95. The van der Waals surface area contributed by atoms with Crippen LogP contribution >= 0.6 is 0 Å². The number of pyridine rings is 1. The lowest BCUT2D eigenvalue weighted by molar-refractivity contribution is 0.0929. The number of amides is 1. The second-order valence-corrected chi connectivity index (χ2v) is 5.38. The summed E-state index contributed by atoms with van der Waals surface area (Å²) in [6.07, 6.45) is 0.883. The molecule has 1 aromatic rings. The van der Waals surface area contributed by atoms with Crippen molar-refractivity contribution in [3.05, 3.63) is 23.4 Å². The normalized spacial score (nSPS) is 18.3. The van der Waals surface area contributed by atoms with Gasteiger partial charge < -0.3 is 15.4 Å². The van der Waals surface area contributed by atoms with Crippen molar-refractivity contribution in [3.63, 3.8) is 0 Å². The van der Waals surface area contributed by atoms with Crippen LogP contribution in [0, 0.1) is 0 Å². The lowest BCUT2D eigenvalue weighted by Gasteiger charge is -2.14. The molecule has 1 unspecified atom stereocenters. The van der Waals surface area contributed by atoms with Crippen LogP contribution in [-0.2, 0) is 4.74 Å². The molecule has 20 heavy (non-hydrogen) atoms. The van der Waals surface area contributed by atoms with Gasteiger partial charge in [-0.15, -0.1) is 0 Å². The molecule has 0 radical (unpaired) electrons. The highest BCUT2D eigenvalue weighted by Crippen LogP contribution is 2.18. The van der Waals surface area contributed by atoms with Gasteiger partial charge in [0.15, 0.2) is 0 Å². The highest BCUT2D eigenvalue weighted by atomic mass is 16.5. The van der Waals surface area contributed by atoms with Crippen LogP contribution in [-0.4, -0.2) is 36.7 Å². The van der Waals surface area contributed by atoms with Crippen LogP contribution in [0.25, 0.3) is 0 Å². The number of nitrogens with one attached hydrogen (secondary N) is 2. The van der Waals surface area contributed by atoms with Gasteiger partial charge in [0.2, 0.25) is 0 Å². The molecular weight excluding hydrogens is 254 g/mol. The molecule has 2 rings (SSSR count). The van der Waals surface area contributed by atoms with Gasteiger partial charge in [0.25, 0.3) is 5.91 Å². The maximum Gasteiger partial charge on any atom is 0.251 e. The quantitative estimate of drug-likeness (QED) is 0.865. The largest absolute Gasteiger partial charge is 0.379 e. The minimum absolute atomic E-state index is 0.0519. The van der Waals surface area contributed by atoms with Crippen LogP contribution in [0.5, 0.6) is 0 Å². The van der Waals surface area contributed by atoms with Gasteiger partial charge in [-0.1, -0.05) is 13.8 Å². The summed E-state index contributed by atoms with van der Waals surface area (Å²) in [6, 6.07) is 3.80. The maximum absolute atomic E-state index is 12.3. The average molecular weight is 277 g/mol. The molecule has 0 spiro atoms. The summed E-state index contributed by atoms with van der Waals surface area (Å²) in [6.45, 7) is 8.27. The number of nitrogens with zero attached hydrogens (tertiary/aromatic N) is 1. The van der Waals surface area contributed by atoms with Crippen LogP contribution < -0.4 is 10.6 Å². The Morgan fingerprint density at radius 1 is 1.50 bits per heavy atom. The van der Waals surface area contributed by atoms with Crippen molar-refractivity contribution in [2.75, 3.05) is 25.1 Å². The summed E-state index contributed by atoms with van der Waals surface area (Å²) in [4.78, 5) is 16.8. The zero-order valence-corrected chi connectivity index (χ0v) is 12.4. The number of hydrogen-bond donors (Lipinski definition) is 2. The van der Waals surface area contributed by atoms with Gasteiger partial charge in [-0.05, 0) is 31.4 Å². The van der Waals surface area contributed by atoms with E-state index in [9.17, 15) is 4.79 Å². The first kappa shape index (κ1) is 14.8. The van der Waals surface area contributed by atoms with Crippen molar-refractivity contribution in [2.24, 2.45) is 0 Å². The molecular formula is C15H23N3O2. The topological polar surface area (TPSA) is 63.2 Å². The Bertz CT molecular complexity index is 468. The molecule has 2 N–H and O–H groups in total. The highest BCUT2D eigenvalue weighted by molar-refractivity contribution is 5.95. The smallest absolute Gasteiger partial charge is 0.251 e. The molecule has 5 nitrogen and oxygen atoms in total. The summed E-state index contributed by atoms with van der Waals surface area (Å²) in [5, 5.41) is 6.19. The van der Waals surface area contributed by atoms with Crippen molar-refractivity contribution >= 4 is 11.7 Å². The van der Waals surface area contributed by atoms with E-state index in [4.69, 9.17) is 4.74 Å². The predicted molar refractivity (Wildman–Crippen MR) is 79.2 cm³/mol. The number of anilines is 1.